The molecule has 2 fully saturated rings. The monoisotopic (exact) mass is 233 g/mol. The van der Waals surface area contributed by atoms with Crippen LogP contribution in [0.15, 0.2) is 18.2 Å². The Bertz CT molecular complexity index is 395. The number of benzene rings is 1. The molecule has 1 aromatic carbocycles. The Morgan fingerprint density at radius 2 is 1.88 bits per heavy atom. The highest BCUT2D eigenvalue weighted by molar-refractivity contribution is 5.57. The zero-order valence-electron chi connectivity index (χ0n) is 10.0. The Hall–Kier alpha value is -1.22. The smallest absolute Gasteiger partial charge is 0.125 e. The molecule has 1 saturated carbocycles. The van der Waals surface area contributed by atoms with Gasteiger partial charge in [-0.05, 0) is 30.9 Å². The lowest BCUT2D eigenvalue weighted by atomic mass is 10.1. The summed E-state index contributed by atoms with van der Waals surface area (Å²) in [5, 5.41) is 0. The lowest BCUT2D eigenvalue weighted by Gasteiger charge is -2.25. The molecule has 0 radical (unpaired) electrons. The van der Waals surface area contributed by atoms with E-state index in [0.29, 0.717) is 12.0 Å². The molecule has 1 saturated heterocycles. The van der Waals surface area contributed by atoms with Crippen molar-refractivity contribution in [3.05, 3.63) is 23.8 Å². The van der Waals surface area contributed by atoms with Crippen LogP contribution in [0.2, 0.25) is 0 Å². The fourth-order valence-corrected chi connectivity index (χ4v) is 2.45. The Balaban J connectivity index is 1.79. The SMILES string of the molecule is Nc1cccc(OC2CCOCC2)c1C1CC1. The van der Waals surface area contributed by atoms with Gasteiger partial charge < -0.3 is 15.2 Å². The van der Waals surface area contributed by atoms with E-state index in [1.807, 2.05) is 12.1 Å². The highest BCUT2D eigenvalue weighted by atomic mass is 16.5. The fraction of sp³-hybridized carbons (Fsp3) is 0.571. The summed E-state index contributed by atoms with van der Waals surface area (Å²) in [5.74, 6) is 1.63. The Morgan fingerprint density at radius 3 is 2.59 bits per heavy atom. The van der Waals surface area contributed by atoms with E-state index < -0.39 is 0 Å². The third-order valence-electron chi connectivity index (χ3n) is 3.55. The van der Waals surface area contributed by atoms with E-state index in [4.69, 9.17) is 15.2 Å². The molecular formula is C14H19NO2. The zero-order valence-corrected chi connectivity index (χ0v) is 10.0. The maximum absolute atomic E-state index is 6.11. The number of ether oxygens (including phenoxy) is 2. The molecule has 0 unspecified atom stereocenters. The third-order valence-corrected chi connectivity index (χ3v) is 3.55. The molecule has 3 heteroatoms. The second-order valence-corrected chi connectivity index (χ2v) is 4.96. The topological polar surface area (TPSA) is 44.5 Å². The van der Waals surface area contributed by atoms with Gasteiger partial charge in [-0.1, -0.05) is 6.07 Å². The highest BCUT2D eigenvalue weighted by Gasteiger charge is 2.29. The molecule has 17 heavy (non-hydrogen) atoms. The van der Waals surface area contributed by atoms with Gasteiger partial charge in [-0.3, -0.25) is 0 Å². The van der Waals surface area contributed by atoms with Crippen molar-refractivity contribution in [2.24, 2.45) is 0 Å². The maximum Gasteiger partial charge on any atom is 0.125 e. The average Bonchev–Trinajstić information content (AvgIpc) is 3.15. The molecule has 2 aliphatic rings. The van der Waals surface area contributed by atoms with Crippen LogP contribution in [0.3, 0.4) is 0 Å². The minimum atomic E-state index is 0.294. The van der Waals surface area contributed by atoms with Crippen molar-refractivity contribution < 1.29 is 9.47 Å². The lowest BCUT2D eigenvalue weighted by molar-refractivity contribution is 0.0252. The van der Waals surface area contributed by atoms with E-state index in [1.165, 1.54) is 18.4 Å². The molecule has 1 heterocycles. The van der Waals surface area contributed by atoms with Crippen molar-refractivity contribution >= 4 is 5.69 Å². The first-order valence-electron chi connectivity index (χ1n) is 6.47. The predicted octanol–water partition coefficient (Wildman–Crippen LogP) is 2.70. The highest BCUT2D eigenvalue weighted by Crippen LogP contribution is 2.47. The summed E-state index contributed by atoms with van der Waals surface area (Å²) in [6.45, 7) is 1.62. The van der Waals surface area contributed by atoms with Crippen molar-refractivity contribution in [1.29, 1.82) is 0 Å². The average molecular weight is 233 g/mol. The normalized spacial score (nSPS) is 21.4. The van der Waals surface area contributed by atoms with E-state index in [1.54, 1.807) is 0 Å². The van der Waals surface area contributed by atoms with Crippen LogP contribution < -0.4 is 10.5 Å². The van der Waals surface area contributed by atoms with Gasteiger partial charge in [-0.15, -0.1) is 0 Å². The zero-order chi connectivity index (χ0) is 11.7. The van der Waals surface area contributed by atoms with Crippen LogP contribution in [0.25, 0.3) is 0 Å². The summed E-state index contributed by atoms with van der Waals surface area (Å²) >= 11 is 0. The minimum absolute atomic E-state index is 0.294. The fourth-order valence-electron chi connectivity index (χ4n) is 2.45. The van der Waals surface area contributed by atoms with Crippen LogP contribution >= 0.6 is 0 Å². The van der Waals surface area contributed by atoms with Crippen molar-refractivity contribution in [3.63, 3.8) is 0 Å². The molecule has 3 rings (SSSR count). The second-order valence-electron chi connectivity index (χ2n) is 4.96. The third kappa shape index (κ3) is 2.39. The molecule has 0 aromatic heterocycles. The molecule has 1 aliphatic heterocycles. The number of hydrogen-bond acceptors (Lipinski definition) is 3. The molecular weight excluding hydrogens is 214 g/mol. The molecule has 0 atom stereocenters. The van der Waals surface area contributed by atoms with Crippen molar-refractivity contribution in [1.82, 2.24) is 0 Å². The van der Waals surface area contributed by atoms with Gasteiger partial charge in [0.25, 0.3) is 0 Å². The van der Waals surface area contributed by atoms with Gasteiger partial charge in [0.05, 0.1) is 13.2 Å². The largest absolute Gasteiger partial charge is 0.490 e. The summed E-state index contributed by atoms with van der Waals surface area (Å²) in [6, 6.07) is 6.01. The summed E-state index contributed by atoms with van der Waals surface area (Å²) in [6.07, 6.45) is 4.76. The van der Waals surface area contributed by atoms with E-state index in [2.05, 4.69) is 6.07 Å². The van der Waals surface area contributed by atoms with E-state index >= 15 is 0 Å². The summed E-state index contributed by atoms with van der Waals surface area (Å²) < 4.78 is 11.5. The molecule has 1 aliphatic carbocycles. The number of nitrogen functional groups attached to an aromatic ring is 1. The molecule has 3 nitrogen and oxygen atoms in total. The Labute approximate surface area is 102 Å². The first kappa shape index (κ1) is 10.9. The molecule has 2 N–H and O–H groups in total. The van der Waals surface area contributed by atoms with Gasteiger partial charge in [0.1, 0.15) is 11.9 Å². The molecule has 1 aromatic rings. The van der Waals surface area contributed by atoms with Crippen LogP contribution in [0, 0.1) is 0 Å². The summed E-state index contributed by atoms with van der Waals surface area (Å²) in [4.78, 5) is 0. The lowest BCUT2D eigenvalue weighted by Crippen LogP contribution is -2.26. The van der Waals surface area contributed by atoms with Crippen LogP contribution in [0.5, 0.6) is 5.75 Å². The number of nitrogens with two attached hydrogens (primary N) is 1. The van der Waals surface area contributed by atoms with Gasteiger partial charge in [0.15, 0.2) is 0 Å². The summed E-state index contributed by atoms with van der Waals surface area (Å²) in [5.41, 5.74) is 8.18. The van der Waals surface area contributed by atoms with E-state index in [-0.39, 0.29) is 0 Å². The molecule has 0 amide bonds. The maximum atomic E-state index is 6.11. The van der Waals surface area contributed by atoms with Crippen molar-refractivity contribution in [3.8, 4) is 5.75 Å². The van der Waals surface area contributed by atoms with E-state index in [0.717, 1.165) is 37.5 Å². The molecule has 0 spiro atoms. The number of rotatable bonds is 3. The summed E-state index contributed by atoms with van der Waals surface area (Å²) in [7, 11) is 0. The number of anilines is 1. The van der Waals surface area contributed by atoms with Crippen molar-refractivity contribution in [2.45, 2.75) is 37.7 Å². The van der Waals surface area contributed by atoms with Gasteiger partial charge in [-0.25, -0.2) is 0 Å². The van der Waals surface area contributed by atoms with Crippen LogP contribution in [0.4, 0.5) is 5.69 Å². The van der Waals surface area contributed by atoms with Crippen LogP contribution in [0.1, 0.15) is 37.2 Å². The second kappa shape index (κ2) is 4.57. The van der Waals surface area contributed by atoms with Crippen LogP contribution in [-0.2, 0) is 4.74 Å². The first-order valence-corrected chi connectivity index (χ1v) is 6.47. The minimum Gasteiger partial charge on any atom is -0.490 e. The van der Waals surface area contributed by atoms with Gasteiger partial charge in [0, 0.05) is 24.1 Å². The van der Waals surface area contributed by atoms with Crippen LogP contribution in [-0.4, -0.2) is 19.3 Å². The first-order chi connectivity index (χ1) is 8.34. The van der Waals surface area contributed by atoms with Gasteiger partial charge >= 0.3 is 0 Å². The Kier molecular flexibility index (Phi) is 2.93. The van der Waals surface area contributed by atoms with Crippen molar-refractivity contribution in [2.75, 3.05) is 18.9 Å². The molecule has 0 bridgehead atoms. The van der Waals surface area contributed by atoms with E-state index in [9.17, 15) is 0 Å². The standard InChI is InChI=1S/C14H19NO2/c15-12-2-1-3-13(14(12)10-4-5-10)17-11-6-8-16-9-7-11/h1-3,10-11H,4-9,15H2. The Morgan fingerprint density at radius 1 is 1.12 bits per heavy atom. The number of hydrogen-bond donors (Lipinski definition) is 1. The molecule has 92 valence electrons. The quantitative estimate of drug-likeness (QED) is 0.816. The predicted molar refractivity (Wildman–Crippen MR) is 67.3 cm³/mol. The van der Waals surface area contributed by atoms with Gasteiger partial charge in [-0.2, -0.15) is 0 Å². The van der Waals surface area contributed by atoms with Gasteiger partial charge in [0.2, 0.25) is 0 Å².